The average Bonchev–Trinajstić information content (AvgIpc) is 2.77. The number of hydrogen-bond donors (Lipinski definition) is 2. The molecule has 1 aliphatic rings. The summed E-state index contributed by atoms with van der Waals surface area (Å²) >= 11 is 0. The van der Waals surface area contributed by atoms with Crippen LogP contribution in [0.4, 0.5) is 10.5 Å². The Bertz CT molecular complexity index is 938. The number of aliphatic hydroxyl groups is 1. The van der Waals surface area contributed by atoms with Crippen molar-refractivity contribution < 1.29 is 24.1 Å². The molecular formula is C25H38BN4O5. The molecule has 0 aromatic heterocycles. The van der Waals surface area contributed by atoms with Crippen molar-refractivity contribution in [3.05, 3.63) is 41.5 Å². The van der Waals surface area contributed by atoms with E-state index in [-0.39, 0.29) is 12.0 Å². The number of ether oxygens (including phenoxy) is 1. The van der Waals surface area contributed by atoms with E-state index in [1.54, 1.807) is 68.0 Å². The van der Waals surface area contributed by atoms with Crippen molar-refractivity contribution in [1.29, 1.82) is 0 Å². The van der Waals surface area contributed by atoms with E-state index in [0.29, 0.717) is 42.9 Å². The van der Waals surface area contributed by atoms with Crippen LogP contribution in [0.3, 0.4) is 0 Å². The summed E-state index contributed by atoms with van der Waals surface area (Å²) in [5.74, 6) is -0.0949. The lowest BCUT2D eigenvalue weighted by Crippen LogP contribution is -2.51. The Morgan fingerprint density at radius 3 is 2.03 bits per heavy atom. The average molecular weight is 485 g/mol. The lowest BCUT2D eigenvalue weighted by atomic mass is 9.83. The highest BCUT2D eigenvalue weighted by atomic mass is 16.6. The molecule has 0 bridgehead atoms. The van der Waals surface area contributed by atoms with Crippen molar-refractivity contribution in [2.24, 2.45) is 10.7 Å². The minimum atomic E-state index is -1.05. The van der Waals surface area contributed by atoms with Crippen molar-refractivity contribution in [3.63, 3.8) is 0 Å². The zero-order chi connectivity index (χ0) is 26.4. The first-order valence-electron chi connectivity index (χ1n) is 11.7. The number of nitrogens with two attached hydrogens (primary N) is 1. The number of carbonyl (C=O) groups excluding carboxylic acids is 2. The van der Waals surface area contributed by atoms with Gasteiger partial charge in [-0.05, 0) is 84.4 Å². The van der Waals surface area contributed by atoms with E-state index in [9.17, 15) is 14.7 Å². The molecule has 2 amide bonds. The highest BCUT2D eigenvalue weighted by molar-refractivity contribution is 6.46. The highest BCUT2D eigenvalue weighted by Crippen LogP contribution is 2.25. The van der Waals surface area contributed by atoms with E-state index in [1.165, 1.54) is 13.7 Å². The number of benzene rings is 1. The van der Waals surface area contributed by atoms with Crippen LogP contribution in [0.5, 0.6) is 0 Å². The Labute approximate surface area is 209 Å². The summed E-state index contributed by atoms with van der Waals surface area (Å²) in [6.45, 7) is 14.1. The van der Waals surface area contributed by atoms with E-state index in [1.807, 2.05) is 20.8 Å². The van der Waals surface area contributed by atoms with Gasteiger partial charge in [-0.1, -0.05) is 0 Å². The molecule has 0 saturated carbocycles. The molecule has 35 heavy (non-hydrogen) atoms. The van der Waals surface area contributed by atoms with Gasteiger partial charge in [0.25, 0.3) is 5.91 Å². The molecule has 0 atom stereocenters. The predicted octanol–water partition coefficient (Wildman–Crippen LogP) is 3.07. The number of allylic oxidation sites excluding steroid dienone is 1. The molecule has 1 fully saturated rings. The third-order valence-electron chi connectivity index (χ3n) is 5.85. The van der Waals surface area contributed by atoms with E-state index >= 15 is 0 Å². The lowest BCUT2D eigenvalue weighted by molar-refractivity contribution is -0.0895. The molecule has 1 radical (unpaired) electrons. The van der Waals surface area contributed by atoms with Crippen LogP contribution >= 0.6 is 0 Å². The van der Waals surface area contributed by atoms with Gasteiger partial charge in [0.05, 0.1) is 16.9 Å². The highest BCUT2D eigenvalue weighted by Gasteiger charge is 2.35. The fourth-order valence-electron chi connectivity index (χ4n) is 2.91. The summed E-state index contributed by atoms with van der Waals surface area (Å²) in [4.78, 5) is 32.8. The van der Waals surface area contributed by atoms with E-state index in [4.69, 9.17) is 15.1 Å². The lowest BCUT2D eigenvalue weighted by Gasteiger charge is -2.37. The fourth-order valence-corrected chi connectivity index (χ4v) is 2.91. The first-order chi connectivity index (χ1) is 16.1. The SMILES string of the molecule is CC(C)(C)OC(=O)N1CCN(C(=O)c2ccc(N=CC([B]OC(C)(C)C(C)(C)O)=CN)cc2)CC1. The quantitative estimate of drug-likeness (QED) is 0.453. The second-order valence-corrected chi connectivity index (χ2v) is 10.5. The molecule has 1 aliphatic heterocycles. The van der Waals surface area contributed by atoms with Crippen LogP contribution in [0, 0.1) is 0 Å². The van der Waals surface area contributed by atoms with Crippen molar-refractivity contribution in [3.8, 4) is 0 Å². The third kappa shape index (κ3) is 8.40. The van der Waals surface area contributed by atoms with Crippen LogP contribution in [0.2, 0.25) is 0 Å². The predicted molar refractivity (Wildman–Crippen MR) is 138 cm³/mol. The second kappa shape index (κ2) is 11.3. The minimum Gasteiger partial charge on any atom is -0.444 e. The summed E-state index contributed by atoms with van der Waals surface area (Å²) in [7, 11) is 1.45. The van der Waals surface area contributed by atoms with E-state index in [2.05, 4.69) is 4.99 Å². The molecule has 0 spiro atoms. The van der Waals surface area contributed by atoms with Gasteiger partial charge < -0.3 is 30.0 Å². The Kier molecular flexibility index (Phi) is 9.14. The second-order valence-electron chi connectivity index (χ2n) is 10.5. The van der Waals surface area contributed by atoms with Gasteiger partial charge in [0, 0.05) is 38.0 Å². The van der Waals surface area contributed by atoms with E-state index in [0.717, 1.165) is 0 Å². The van der Waals surface area contributed by atoms with Crippen LogP contribution in [0.25, 0.3) is 0 Å². The molecule has 2 rings (SSSR count). The van der Waals surface area contributed by atoms with Crippen LogP contribution in [0.15, 0.2) is 40.9 Å². The Balaban J connectivity index is 1.91. The standard InChI is InChI=1S/C25H38BN4O5/c1-23(2,3)34-22(32)30-14-12-29(13-15-30)21(31)18-8-10-20(11-9-18)28-17-19(16-27)26-35-25(6,7)24(4,5)33/h8-11,16-17,33H,12-15,27H2,1-7H3. The van der Waals surface area contributed by atoms with Gasteiger partial charge in [-0.15, -0.1) is 0 Å². The maximum absolute atomic E-state index is 12.9. The molecule has 1 aromatic rings. The first kappa shape index (κ1) is 28.4. The first-order valence-corrected chi connectivity index (χ1v) is 11.7. The maximum atomic E-state index is 12.9. The summed E-state index contributed by atoms with van der Waals surface area (Å²) < 4.78 is 11.1. The van der Waals surface area contributed by atoms with E-state index < -0.39 is 16.8 Å². The van der Waals surface area contributed by atoms with Gasteiger partial charge in [-0.25, -0.2) is 4.79 Å². The molecule has 1 aromatic carbocycles. The van der Waals surface area contributed by atoms with Gasteiger partial charge in [0.2, 0.25) is 0 Å². The molecule has 1 heterocycles. The van der Waals surface area contributed by atoms with Gasteiger partial charge in [-0.2, -0.15) is 0 Å². The zero-order valence-corrected chi connectivity index (χ0v) is 21.9. The molecule has 1 saturated heterocycles. The van der Waals surface area contributed by atoms with Crippen molar-refractivity contribution in [1.82, 2.24) is 9.80 Å². The Hall–Kier alpha value is -2.85. The number of carbonyl (C=O) groups is 2. The minimum absolute atomic E-state index is 0.0949. The topological polar surface area (TPSA) is 118 Å². The number of aliphatic imine (C=N–C) groups is 1. The molecule has 9 nitrogen and oxygen atoms in total. The van der Waals surface area contributed by atoms with Crippen LogP contribution in [-0.2, 0) is 9.39 Å². The molecule has 0 aliphatic carbocycles. The normalized spacial score (nSPS) is 15.9. The molecule has 191 valence electrons. The number of amides is 2. The molecule has 0 unspecified atom stereocenters. The zero-order valence-electron chi connectivity index (χ0n) is 21.9. The monoisotopic (exact) mass is 485 g/mol. The number of hydrogen-bond acceptors (Lipinski definition) is 7. The van der Waals surface area contributed by atoms with Gasteiger partial charge >= 0.3 is 13.6 Å². The largest absolute Gasteiger partial charge is 0.444 e. The van der Waals surface area contributed by atoms with Crippen LogP contribution in [0.1, 0.15) is 58.8 Å². The number of nitrogens with zero attached hydrogens (tertiary/aromatic N) is 3. The number of rotatable bonds is 7. The van der Waals surface area contributed by atoms with Gasteiger partial charge in [-0.3, -0.25) is 9.79 Å². The summed E-state index contributed by atoms with van der Waals surface area (Å²) in [5.41, 5.74) is 4.97. The molecule has 10 heteroatoms. The molecular weight excluding hydrogens is 447 g/mol. The Morgan fingerprint density at radius 1 is 1.00 bits per heavy atom. The summed E-state index contributed by atoms with van der Waals surface area (Å²) in [6, 6.07) is 6.93. The number of piperazine rings is 1. The third-order valence-corrected chi connectivity index (χ3v) is 5.85. The molecule has 3 N–H and O–H groups in total. The summed E-state index contributed by atoms with van der Waals surface area (Å²) in [5, 5.41) is 10.2. The van der Waals surface area contributed by atoms with Crippen LogP contribution in [-0.4, -0.2) is 83.6 Å². The van der Waals surface area contributed by atoms with Crippen molar-refractivity contribution >= 4 is 31.4 Å². The fraction of sp³-hybridized carbons (Fsp3) is 0.560. The maximum Gasteiger partial charge on any atom is 0.410 e. The smallest absolute Gasteiger partial charge is 0.410 e. The van der Waals surface area contributed by atoms with Crippen LogP contribution < -0.4 is 5.73 Å². The van der Waals surface area contributed by atoms with Gasteiger partial charge in [0.1, 0.15) is 5.60 Å². The van der Waals surface area contributed by atoms with Crippen molar-refractivity contribution in [2.75, 3.05) is 26.2 Å². The van der Waals surface area contributed by atoms with Crippen molar-refractivity contribution in [2.45, 2.75) is 65.3 Å². The Morgan fingerprint density at radius 2 is 1.54 bits per heavy atom. The summed E-state index contributed by atoms with van der Waals surface area (Å²) in [6.07, 6.45) is 2.55. The van der Waals surface area contributed by atoms with Gasteiger partial charge in [0.15, 0.2) is 0 Å².